The maximum absolute atomic E-state index is 10.7. The lowest BCUT2D eigenvalue weighted by molar-refractivity contribution is -0.116. The predicted molar refractivity (Wildman–Crippen MR) is 62.9 cm³/mol. The Morgan fingerprint density at radius 2 is 2.12 bits per heavy atom. The fraction of sp³-hybridized carbons (Fsp3) is 0.500. The Hall–Kier alpha value is -1.85. The normalized spacial score (nSPS) is 10.1. The maximum Gasteiger partial charge on any atom is 0.236 e. The average molecular weight is 223 g/mol. The van der Waals surface area contributed by atoms with Gasteiger partial charge in [-0.15, -0.1) is 0 Å². The van der Waals surface area contributed by atoms with Gasteiger partial charge in [-0.2, -0.15) is 0 Å². The Labute approximate surface area is 94.5 Å². The number of nitrogens with one attached hydrogen (secondary N) is 1. The van der Waals surface area contributed by atoms with Crippen molar-refractivity contribution in [2.24, 2.45) is 5.73 Å². The number of aromatic nitrogens is 2. The lowest BCUT2D eigenvalue weighted by Crippen LogP contribution is -2.23. The van der Waals surface area contributed by atoms with Gasteiger partial charge in [-0.05, 0) is 13.3 Å². The molecule has 0 aliphatic heterocycles. The van der Waals surface area contributed by atoms with E-state index >= 15 is 0 Å². The van der Waals surface area contributed by atoms with Crippen LogP contribution < -0.4 is 16.8 Å². The number of carbonyl (C=O) groups excluding carboxylic acids is 1. The number of aryl methyl sites for hydroxylation is 1. The van der Waals surface area contributed by atoms with Gasteiger partial charge in [0.05, 0.1) is 6.54 Å². The molecule has 88 valence electrons. The van der Waals surface area contributed by atoms with Crippen LogP contribution in [0.15, 0.2) is 0 Å². The Kier molecular flexibility index (Phi) is 4.04. The molecule has 1 aromatic heterocycles. The molecule has 1 aromatic rings. The van der Waals surface area contributed by atoms with Gasteiger partial charge in [0.25, 0.3) is 0 Å². The fourth-order valence-corrected chi connectivity index (χ4v) is 1.26. The maximum atomic E-state index is 10.7. The van der Waals surface area contributed by atoms with Crippen LogP contribution in [0, 0.1) is 6.92 Å². The topological polar surface area (TPSA) is 107 Å². The van der Waals surface area contributed by atoms with Gasteiger partial charge in [-0.1, -0.05) is 6.92 Å². The van der Waals surface area contributed by atoms with Crippen molar-refractivity contribution >= 4 is 17.5 Å². The van der Waals surface area contributed by atoms with Gasteiger partial charge in [0.1, 0.15) is 17.5 Å². The fourth-order valence-electron chi connectivity index (χ4n) is 1.26. The second kappa shape index (κ2) is 5.29. The zero-order chi connectivity index (χ0) is 12.1. The highest BCUT2D eigenvalue weighted by Gasteiger charge is 2.08. The third-order valence-electron chi connectivity index (χ3n) is 2.13. The summed E-state index contributed by atoms with van der Waals surface area (Å²) >= 11 is 0. The van der Waals surface area contributed by atoms with Gasteiger partial charge in [-0.25, -0.2) is 9.97 Å². The minimum atomic E-state index is -0.436. The third kappa shape index (κ3) is 3.08. The van der Waals surface area contributed by atoms with Crippen LogP contribution in [0.5, 0.6) is 0 Å². The van der Waals surface area contributed by atoms with Crippen molar-refractivity contribution < 1.29 is 4.79 Å². The highest BCUT2D eigenvalue weighted by atomic mass is 16.1. The van der Waals surface area contributed by atoms with Crippen molar-refractivity contribution in [3.63, 3.8) is 0 Å². The molecule has 0 atom stereocenters. The van der Waals surface area contributed by atoms with Crippen molar-refractivity contribution in [2.75, 3.05) is 17.6 Å². The molecule has 16 heavy (non-hydrogen) atoms. The molecule has 0 fully saturated rings. The van der Waals surface area contributed by atoms with Gasteiger partial charge >= 0.3 is 0 Å². The average Bonchev–Trinajstić information content (AvgIpc) is 2.21. The molecule has 1 rings (SSSR count). The molecule has 1 heterocycles. The Balaban J connectivity index is 2.92. The minimum Gasteiger partial charge on any atom is -0.383 e. The van der Waals surface area contributed by atoms with Crippen LogP contribution in [0.2, 0.25) is 0 Å². The molecule has 0 aromatic carbocycles. The Bertz CT molecular complexity index is 391. The smallest absolute Gasteiger partial charge is 0.236 e. The number of amides is 1. The molecule has 5 N–H and O–H groups in total. The van der Waals surface area contributed by atoms with Crippen LogP contribution in [-0.4, -0.2) is 22.4 Å². The van der Waals surface area contributed by atoms with Gasteiger partial charge in [-0.3, -0.25) is 4.79 Å². The van der Waals surface area contributed by atoms with Gasteiger partial charge < -0.3 is 16.8 Å². The van der Waals surface area contributed by atoms with E-state index in [0.717, 1.165) is 18.4 Å². The van der Waals surface area contributed by atoms with Crippen LogP contribution in [0.4, 0.5) is 11.6 Å². The molecule has 0 spiro atoms. The molecule has 0 unspecified atom stereocenters. The van der Waals surface area contributed by atoms with Crippen LogP contribution in [-0.2, 0) is 11.2 Å². The SMILES string of the molecule is CCCc1nc(N)c(C)c(NCC(N)=O)n1. The van der Waals surface area contributed by atoms with E-state index in [1.165, 1.54) is 0 Å². The second-order valence-electron chi connectivity index (χ2n) is 3.57. The Morgan fingerprint density at radius 3 is 2.69 bits per heavy atom. The molecule has 6 nitrogen and oxygen atoms in total. The van der Waals surface area contributed by atoms with E-state index in [2.05, 4.69) is 15.3 Å². The molecule has 0 saturated carbocycles. The van der Waals surface area contributed by atoms with Gasteiger partial charge in [0, 0.05) is 12.0 Å². The second-order valence-corrected chi connectivity index (χ2v) is 3.57. The van der Waals surface area contributed by atoms with E-state index in [1.807, 2.05) is 6.92 Å². The number of nitrogens with two attached hydrogens (primary N) is 2. The number of hydrogen-bond donors (Lipinski definition) is 3. The van der Waals surface area contributed by atoms with E-state index in [9.17, 15) is 4.79 Å². The number of anilines is 2. The molecular formula is C10H17N5O. The molecule has 0 aliphatic rings. The predicted octanol–water partition coefficient (Wildman–Crippen LogP) is 0.217. The monoisotopic (exact) mass is 223 g/mol. The summed E-state index contributed by atoms with van der Waals surface area (Å²) in [5.74, 6) is 1.26. The molecule has 0 saturated heterocycles. The summed E-state index contributed by atoms with van der Waals surface area (Å²) in [5, 5.41) is 2.85. The summed E-state index contributed by atoms with van der Waals surface area (Å²) < 4.78 is 0. The largest absolute Gasteiger partial charge is 0.383 e. The standard InChI is InChI=1S/C10H17N5O/c1-3-4-8-14-9(12)6(2)10(15-8)13-5-7(11)16/h3-5H2,1-2H3,(H2,11,16)(H3,12,13,14,15). The highest BCUT2D eigenvalue weighted by molar-refractivity contribution is 5.79. The van der Waals surface area contributed by atoms with E-state index in [0.29, 0.717) is 17.5 Å². The van der Waals surface area contributed by atoms with Crippen molar-refractivity contribution in [1.82, 2.24) is 9.97 Å². The lowest BCUT2D eigenvalue weighted by atomic mass is 10.2. The summed E-state index contributed by atoms with van der Waals surface area (Å²) in [6, 6.07) is 0. The van der Waals surface area contributed by atoms with Crippen LogP contribution in [0.1, 0.15) is 24.7 Å². The highest BCUT2D eigenvalue weighted by Crippen LogP contribution is 2.17. The van der Waals surface area contributed by atoms with Crippen molar-refractivity contribution in [1.29, 1.82) is 0 Å². The van der Waals surface area contributed by atoms with Crippen molar-refractivity contribution in [3.8, 4) is 0 Å². The number of primary amides is 1. The number of rotatable bonds is 5. The molecule has 0 bridgehead atoms. The van der Waals surface area contributed by atoms with Gasteiger partial charge in [0.15, 0.2) is 0 Å². The Morgan fingerprint density at radius 1 is 1.44 bits per heavy atom. The summed E-state index contributed by atoms with van der Waals surface area (Å²) in [7, 11) is 0. The first-order valence-corrected chi connectivity index (χ1v) is 5.19. The zero-order valence-corrected chi connectivity index (χ0v) is 9.58. The first-order chi connectivity index (χ1) is 7.54. The van der Waals surface area contributed by atoms with E-state index in [-0.39, 0.29) is 6.54 Å². The van der Waals surface area contributed by atoms with Gasteiger partial charge in [0.2, 0.25) is 5.91 Å². The number of carbonyl (C=O) groups is 1. The molecule has 6 heteroatoms. The number of nitrogen functional groups attached to an aromatic ring is 1. The lowest BCUT2D eigenvalue weighted by Gasteiger charge is -2.10. The number of nitrogens with zero attached hydrogens (tertiary/aromatic N) is 2. The van der Waals surface area contributed by atoms with Crippen LogP contribution in [0.25, 0.3) is 0 Å². The first-order valence-electron chi connectivity index (χ1n) is 5.19. The van der Waals surface area contributed by atoms with E-state index in [4.69, 9.17) is 11.5 Å². The third-order valence-corrected chi connectivity index (χ3v) is 2.13. The minimum absolute atomic E-state index is 0.0445. The summed E-state index contributed by atoms with van der Waals surface area (Å²) in [4.78, 5) is 19.1. The molecule has 1 amide bonds. The van der Waals surface area contributed by atoms with E-state index < -0.39 is 5.91 Å². The number of hydrogen-bond acceptors (Lipinski definition) is 5. The van der Waals surface area contributed by atoms with Crippen LogP contribution >= 0.6 is 0 Å². The quantitative estimate of drug-likeness (QED) is 0.661. The summed E-state index contributed by atoms with van der Waals surface area (Å²) in [6.07, 6.45) is 1.70. The van der Waals surface area contributed by atoms with Crippen molar-refractivity contribution in [2.45, 2.75) is 26.7 Å². The first kappa shape index (κ1) is 12.2. The summed E-state index contributed by atoms with van der Waals surface area (Å²) in [6.45, 7) is 3.88. The molecular weight excluding hydrogens is 206 g/mol. The van der Waals surface area contributed by atoms with Crippen molar-refractivity contribution in [3.05, 3.63) is 11.4 Å². The van der Waals surface area contributed by atoms with Crippen LogP contribution in [0.3, 0.4) is 0 Å². The molecule has 0 aliphatic carbocycles. The summed E-state index contributed by atoms with van der Waals surface area (Å²) in [5.41, 5.74) is 11.5. The molecule has 0 radical (unpaired) electrons. The zero-order valence-electron chi connectivity index (χ0n) is 9.58. The van der Waals surface area contributed by atoms with E-state index in [1.54, 1.807) is 6.92 Å².